The summed E-state index contributed by atoms with van der Waals surface area (Å²) < 4.78 is 2.61. The lowest BCUT2D eigenvalue weighted by Crippen LogP contribution is -2.28. The number of hydrogen-bond acceptors (Lipinski definition) is 4. The second kappa shape index (κ2) is 15.4. The first-order valence-corrected chi connectivity index (χ1v) is 23.2. The van der Waals surface area contributed by atoms with Crippen LogP contribution in [0.1, 0.15) is 22.3 Å². The molecule has 0 bridgehead atoms. The molecule has 1 aliphatic rings. The molecule has 0 spiro atoms. The van der Waals surface area contributed by atoms with Gasteiger partial charge in [-0.15, -0.1) is 11.3 Å². The number of fused-ring (bicyclic) bond motifs is 7. The SMILES string of the molecule is c1ccc(C2(c3ccccc3)c3ccccc3-c3cc(-c4nc(-c5ccc(-c6ccc7sc8ccccc8c7c6)cc5)nc(-c5ccc(-c6cccc7ccccc67)cc5)n4)ccc32)cc1. The van der Waals surface area contributed by atoms with Crippen LogP contribution >= 0.6 is 11.3 Å². The zero-order valence-corrected chi connectivity index (χ0v) is 36.6. The Labute approximate surface area is 387 Å². The summed E-state index contributed by atoms with van der Waals surface area (Å²) in [5.41, 5.74) is 14.3. The number of hydrogen-bond donors (Lipinski definition) is 0. The molecular weight excluding hydrogens is 819 g/mol. The molecule has 0 amide bonds. The number of nitrogens with zero attached hydrogens (tertiary/aromatic N) is 3. The molecule has 0 atom stereocenters. The molecule has 308 valence electrons. The second-order valence-corrected chi connectivity index (χ2v) is 18.2. The Hall–Kier alpha value is -8.31. The first-order chi connectivity index (χ1) is 32.7. The molecule has 12 aromatic rings. The Morgan fingerprint density at radius 2 is 0.788 bits per heavy atom. The van der Waals surface area contributed by atoms with Crippen molar-refractivity contribution in [3.63, 3.8) is 0 Å². The van der Waals surface area contributed by atoms with E-state index in [1.54, 1.807) is 0 Å². The predicted octanol–water partition coefficient (Wildman–Crippen LogP) is 16.1. The molecular formula is C62H39N3S. The highest BCUT2D eigenvalue weighted by Crippen LogP contribution is 2.56. The van der Waals surface area contributed by atoms with Gasteiger partial charge in [0.05, 0.1) is 5.41 Å². The van der Waals surface area contributed by atoms with E-state index < -0.39 is 5.41 Å². The monoisotopic (exact) mass is 857 g/mol. The van der Waals surface area contributed by atoms with E-state index in [1.807, 2.05) is 11.3 Å². The highest BCUT2D eigenvalue weighted by atomic mass is 32.1. The number of rotatable bonds is 7. The van der Waals surface area contributed by atoms with Gasteiger partial charge < -0.3 is 0 Å². The molecule has 4 heteroatoms. The maximum absolute atomic E-state index is 5.28. The first kappa shape index (κ1) is 38.2. The molecule has 0 aliphatic heterocycles. The number of thiophene rings is 1. The van der Waals surface area contributed by atoms with Gasteiger partial charge in [0.15, 0.2) is 17.5 Å². The van der Waals surface area contributed by atoms with Crippen LogP contribution in [-0.2, 0) is 5.41 Å². The Morgan fingerprint density at radius 3 is 1.52 bits per heavy atom. The molecule has 0 saturated carbocycles. The van der Waals surface area contributed by atoms with Crippen molar-refractivity contribution in [3.8, 4) is 67.5 Å². The third-order valence-corrected chi connectivity index (χ3v) is 14.6. The van der Waals surface area contributed by atoms with Crippen molar-refractivity contribution in [2.45, 2.75) is 5.41 Å². The quantitative estimate of drug-likeness (QED) is 0.160. The van der Waals surface area contributed by atoms with Crippen molar-refractivity contribution in [2.24, 2.45) is 0 Å². The van der Waals surface area contributed by atoms with Crippen LogP contribution in [0.4, 0.5) is 0 Å². The molecule has 3 nitrogen and oxygen atoms in total. The Balaban J connectivity index is 0.951. The Morgan fingerprint density at radius 1 is 0.288 bits per heavy atom. The topological polar surface area (TPSA) is 38.7 Å². The van der Waals surface area contributed by atoms with Gasteiger partial charge in [-0.05, 0) is 90.7 Å². The van der Waals surface area contributed by atoms with E-state index in [-0.39, 0.29) is 0 Å². The molecule has 2 aromatic heterocycles. The van der Waals surface area contributed by atoms with Gasteiger partial charge in [0.2, 0.25) is 0 Å². The zero-order valence-electron chi connectivity index (χ0n) is 35.8. The Bertz CT molecular complexity index is 3760. The van der Waals surface area contributed by atoms with Crippen LogP contribution in [-0.4, -0.2) is 15.0 Å². The van der Waals surface area contributed by atoms with Crippen molar-refractivity contribution >= 4 is 42.3 Å². The summed E-state index contributed by atoms with van der Waals surface area (Å²) in [6.07, 6.45) is 0. The van der Waals surface area contributed by atoms with E-state index in [0.29, 0.717) is 17.5 Å². The molecule has 13 rings (SSSR count). The van der Waals surface area contributed by atoms with E-state index in [9.17, 15) is 0 Å². The van der Waals surface area contributed by atoms with Crippen LogP contribution in [0.2, 0.25) is 0 Å². The highest BCUT2D eigenvalue weighted by Gasteiger charge is 2.46. The Kier molecular flexibility index (Phi) is 8.93. The largest absolute Gasteiger partial charge is 0.208 e. The van der Waals surface area contributed by atoms with Crippen LogP contribution in [0.25, 0.3) is 98.5 Å². The summed E-state index contributed by atoms with van der Waals surface area (Å²) in [6.45, 7) is 0. The molecule has 0 radical (unpaired) electrons. The fourth-order valence-electron chi connectivity index (χ4n) is 10.3. The molecule has 0 fully saturated rings. The summed E-state index contributed by atoms with van der Waals surface area (Å²) in [5.74, 6) is 1.88. The number of aromatic nitrogens is 3. The van der Waals surface area contributed by atoms with Gasteiger partial charge in [-0.2, -0.15) is 0 Å². The highest BCUT2D eigenvalue weighted by molar-refractivity contribution is 7.25. The van der Waals surface area contributed by atoms with Gasteiger partial charge in [-0.3, -0.25) is 0 Å². The summed E-state index contributed by atoms with van der Waals surface area (Å²) in [5, 5.41) is 5.04. The average molecular weight is 858 g/mol. The van der Waals surface area contributed by atoms with Crippen LogP contribution in [0.15, 0.2) is 237 Å². The maximum atomic E-state index is 5.28. The minimum atomic E-state index is -0.489. The smallest absolute Gasteiger partial charge is 0.164 e. The predicted molar refractivity (Wildman–Crippen MR) is 275 cm³/mol. The first-order valence-electron chi connectivity index (χ1n) is 22.4. The van der Waals surface area contributed by atoms with Crippen LogP contribution in [0, 0.1) is 0 Å². The van der Waals surface area contributed by atoms with Crippen LogP contribution in [0.3, 0.4) is 0 Å². The fraction of sp³-hybridized carbons (Fsp3) is 0.0161. The van der Waals surface area contributed by atoms with E-state index in [0.717, 1.165) is 27.8 Å². The van der Waals surface area contributed by atoms with Gasteiger partial charge >= 0.3 is 0 Å². The van der Waals surface area contributed by atoms with Crippen molar-refractivity contribution in [3.05, 3.63) is 259 Å². The van der Waals surface area contributed by atoms with Gasteiger partial charge in [0.25, 0.3) is 0 Å². The zero-order chi connectivity index (χ0) is 43.6. The van der Waals surface area contributed by atoms with E-state index in [2.05, 4.69) is 237 Å². The standard InChI is InChI=1S/C62H39N3S/c1-3-16-47(17-4-1)62(48-18-5-2-6-19-48)55-24-11-9-21-51(55)53-39-46(34-36-56(53)62)61-64-59(43-30-26-40(27-31-43)45-35-37-58-54(38-45)52-22-10-12-25-57(52)66-58)63-60(65-61)44-32-28-42(29-33-44)50-23-13-15-41-14-7-8-20-49(41)50/h1-39H. The summed E-state index contributed by atoms with van der Waals surface area (Å²) in [6, 6.07) is 85.3. The lowest BCUT2D eigenvalue weighted by Gasteiger charge is -2.33. The van der Waals surface area contributed by atoms with Crippen molar-refractivity contribution in [2.75, 3.05) is 0 Å². The molecule has 10 aromatic carbocycles. The van der Waals surface area contributed by atoms with Crippen molar-refractivity contribution < 1.29 is 0 Å². The second-order valence-electron chi connectivity index (χ2n) is 17.1. The normalized spacial score (nSPS) is 12.7. The van der Waals surface area contributed by atoms with Gasteiger partial charge in [-0.1, -0.05) is 212 Å². The van der Waals surface area contributed by atoms with Gasteiger partial charge in [0.1, 0.15) is 0 Å². The van der Waals surface area contributed by atoms with Gasteiger partial charge in [0, 0.05) is 36.9 Å². The van der Waals surface area contributed by atoms with Crippen LogP contribution in [0.5, 0.6) is 0 Å². The summed E-state index contributed by atoms with van der Waals surface area (Å²) >= 11 is 1.84. The third kappa shape index (κ3) is 6.14. The summed E-state index contributed by atoms with van der Waals surface area (Å²) in [4.78, 5) is 15.8. The van der Waals surface area contributed by atoms with Crippen LogP contribution < -0.4 is 0 Å². The minimum absolute atomic E-state index is 0.489. The molecule has 0 unspecified atom stereocenters. The number of benzene rings is 10. The molecule has 1 aliphatic carbocycles. The van der Waals surface area contributed by atoms with E-state index >= 15 is 0 Å². The molecule has 0 N–H and O–H groups in total. The molecule has 0 saturated heterocycles. The third-order valence-electron chi connectivity index (χ3n) is 13.4. The maximum Gasteiger partial charge on any atom is 0.164 e. The van der Waals surface area contributed by atoms with Gasteiger partial charge in [-0.25, -0.2) is 15.0 Å². The average Bonchev–Trinajstić information content (AvgIpc) is 3.92. The van der Waals surface area contributed by atoms with Crippen molar-refractivity contribution in [1.82, 2.24) is 15.0 Å². The van der Waals surface area contributed by atoms with E-state index in [1.165, 1.54) is 75.5 Å². The minimum Gasteiger partial charge on any atom is -0.208 e. The van der Waals surface area contributed by atoms with Crippen molar-refractivity contribution in [1.29, 1.82) is 0 Å². The fourth-order valence-corrected chi connectivity index (χ4v) is 11.4. The lowest BCUT2D eigenvalue weighted by molar-refractivity contribution is 0.768. The molecule has 66 heavy (non-hydrogen) atoms. The van der Waals surface area contributed by atoms with E-state index in [4.69, 9.17) is 15.0 Å². The molecule has 2 heterocycles. The lowest BCUT2D eigenvalue weighted by atomic mass is 9.67. The summed E-state index contributed by atoms with van der Waals surface area (Å²) in [7, 11) is 0.